The first kappa shape index (κ1) is 34.7. The van der Waals surface area contributed by atoms with Crippen LogP contribution in [0.5, 0.6) is 0 Å². The number of hydrogen-bond donors (Lipinski definition) is 0. The highest BCUT2D eigenvalue weighted by molar-refractivity contribution is 6.12. The normalized spacial score (nSPS) is 13.4. The molecule has 0 bridgehead atoms. The Balaban J connectivity index is 1.42. The average Bonchev–Trinajstić information content (AvgIpc) is 3.50. The molecule has 1 heterocycles. The van der Waals surface area contributed by atoms with Gasteiger partial charge in [-0.3, -0.25) is 0 Å². The lowest BCUT2D eigenvalue weighted by molar-refractivity contribution is 0.807. The summed E-state index contributed by atoms with van der Waals surface area (Å²) in [5, 5.41) is 5.09. The second kappa shape index (κ2) is 13.9. The minimum absolute atomic E-state index is 0.349. The lowest BCUT2D eigenvalue weighted by Crippen LogP contribution is -2.33. The van der Waals surface area contributed by atoms with E-state index in [1.54, 1.807) is 0 Å². The summed E-state index contributed by atoms with van der Waals surface area (Å²) in [7, 11) is 0. The third kappa shape index (κ3) is 5.89. The minimum atomic E-state index is 0.349. The first-order valence-electron chi connectivity index (χ1n) is 19.5. The highest BCUT2D eigenvalue weighted by Gasteiger charge is 2.44. The molecular weight excluding hydrogens is 641 g/mol. The zero-order chi connectivity index (χ0) is 37.0. The van der Waals surface area contributed by atoms with Crippen LogP contribution in [0.25, 0.3) is 32.7 Å². The maximum atomic E-state index is 2.60. The van der Waals surface area contributed by atoms with Gasteiger partial charge in [0.15, 0.2) is 6.17 Å². The molecule has 7 aromatic carbocycles. The zero-order valence-electron chi connectivity index (χ0n) is 32.5. The maximum Gasteiger partial charge on any atom is 0.196 e. The molecule has 265 valence electrons. The van der Waals surface area contributed by atoms with Crippen molar-refractivity contribution in [2.75, 3.05) is 9.80 Å². The average molecular weight is 692 g/mol. The van der Waals surface area contributed by atoms with Crippen molar-refractivity contribution in [1.82, 2.24) is 0 Å². The van der Waals surface area contributed by atoms with Crippen molar-refractivity contribution >= 4 is 44.3 Å². The van der Waals surface area contributed by atoms with Gasteiger partial charge in [0.25, 0.3) is 0 Å². The summed E-state index contributed by atoms with van der Waals surface area (Å²) >= 11 is 0. The molecule has 53 heavy (non-hydrogen) atoms. The fourth-order valence-electron chi connectivity index (χ4n) is 8.53. The Morgan fingerprint density at radius 2 is 0.717 bits per heavy atom. The molecule has 0 unspecified atom stereocenters. The summed E-state index contributed by atoms with van der Waals surface area (Å²) in [5.41, 5.74) is 14.2. The molecular formula is C51H51N2. The molecule has 0 fully saturated rings. The zero-order valence-corrected chi connectivity index (χ0v) is 32.5. The van der Waals surface area contributed by atoms with Gasteiger partial charge in [-0.1, -0.05) is 177 Å². The van der Waals surface area contributed by atoms with E-state index in [-0.39, 0.29) is 0 Å². The van der Waals surface area contributed by atoms with Crippen LogP contribution in [0.1, 0.15) is 107 Å². The lowest BCUT2D eigenvalue weighted by atomic mass is 9.89. The van der Waals surface area contributed by atoms with Crippen molar-refractivity contribution in [2.24, 2.45) is 0 Å². The van der Waals surface area contributed by atoms with E-state index < -0.39 is 0 Å². The molecule has 1 radical (unpaired) electrons. The molecule has 0 N–H and O–H groups in total. The van der Waals surface area contributed by atoms with Crippen LogP contribution in [0.3, 0.4) is 0 Å². The van der Waals surface area contributed by atoms with Crippen molar-refractivity contribution in [3.05, 3.63) is 174 Å². The first-order valence-corrected chi connectivity index (χ1v) is 19.5. The van der Waals surface area contributed by atoms with E-state index >= 15 is 0 Å². The molecule has 0 aliphatic carbocycles. The highest BCUT2D eigenvalue weighted by atomic mass is 15.4. The second-order valence-corrected chi connectivity index (χ2v) is 15.9. The van der Waals surface area contributed by atoms with E-state index in [2.05, 4.69) is 205 Å². The number of para-hydroxylation sites is 4. The van der Waals surface area contributed by atoms with Crippen LogP contribution >= 0.6 is 0 Å². The lowest BCUT2D eigenvalue weighted by Gasteiger charge is -2.37. The van der Waals surface area contributed by atoms with Crippen LogP contribution in [0.4, 0.5) is 22.7 Å². The summed E-state index contributed by atoms with van der Waals surface area (Å²) in [6.07, 6.45) is 1.19. The van der Waals surface area contributed by atoms with Crippen LogP contribution in [-0.4, -0.2) is 0 Å². The van der Waals surface area contributed by atoms with Crippen LogP contribution in [-0.2, 0) is 0 Å². The molecule has 7 aromatic rings. The fraction of sp³-hybridized carbons (Fsp3) is 0.235. The Kier molecular flexibility index (Phi) is 9.11. The quantitative estimate of drug-likeness (QED) is 0.146. The van der Waals surface area contributed by atoms with Crippen LogP contribution in [0.15, 0.2) is 140 Å². The third-order valence-electron chi connectivity index (χ3n) is 11.1. The van der Waals surface area contributed by atoms with Crippen molar-refractivity contribution in [1.29, 1.82) is 0 Å². The van der Waals surface area contributed by atoms with Gasteiger partial charge >= 0.3 is 0 Å². The Hall–Kier alpha value is -5.34. The molecule has 2 heteroatoms. The summed E-state index contributed by atoms with van der Waals surface area (Å²) < 4.78 is 0. The molecule has 0 saturated carbocycles. The summed E-state index contributed by atoms with van der Waals surface area (Å²) in [6, 6.07) is 52.3. The maximum absolute atomic E-state index is 2.60. The van der Waals surface area contributed by atoms with E-state index in [0.29, 0.717) is 23.7 Å². The summed E-state index contributed by atoms with van der Waals surface area (Å²) in [6.45, 7) is 18.6. The number of anilines is 4. The Bertz CT molecular complexity index is 2230. The van der Waals surface area contributed by atoms with E-state index in [4.69, 9.17) is 0 Å². The van der Waals surface area contributed by atoms with Crippen LogP contribution in [0, 0.1) is 6.17 Å². The second-order valence-electron chi connectivity index (χ2n) is 15.9. The molecule has 0 saturated heterocycles. The van der Waals surface area contributed by atoms with Gasteiger partial charge in [-0.15, -0.1) is 0 Å². The Morgan fingerprint density at radius 3 is 1.11 bits per heavy atom. The van der Waals surface area contributed by atoms with Crippen LogP contribution in [0.2, 0.25) is 0 Å². The predicted octanol–water partition coefficient (Wildman–Crippen LogP) is 15.0. The van der Waals surface area contributed by atoms with Gasteiger partial charge in [-0.2, -0.15) is 0 Å². The molecule has 0 atom stereocenters. The SMILES string of the molecule is CC(C)c1cccc(C(C)C)c1N1[C](c2ccc(-c3c4ccccc4cc4ccccc34)cc2)N(c2c(C(C)C)cccc2C(C)C)c2ccccc21. The van der Waals surface area contributed by atoms with Gasteiger partial charge < -0.3 is 9.80 Å². The van der Waals surface area contributed by atoms with Crippen molar-refractivity contribution in [2.45, 2.75) is 79.1 Å². The molecule has 8 rings (SSSR count). The minimum Gasteiger partial charge on any atom is -0.307 e. The molecule has 2 nitrogen and oxygen atoms in total. The number of fused-ring (bicyclic) bond motifs is 3. The van der Waals surface area contributed by atoms with Crippen molar-refractivity contribution < 1.29 is 0 Å². The van der Waals surface area contributed by atoms with Gasteiger partial charge in [0, 0.05) is 5.56 Å². The molecule has 1 aliphatic heterocycles. The number of rotatable bonds is 8. The molecule has 0 spiro atoms. The standard InChI is InChI=1S/C51H51N2/c1-32(2)40-21-15-22-41(33(3)4)49(40)52-46-25-13-14-26-47(46)53(50-42(34(5)6)23-16-24-43(50)35(7)8)51(52)37-29-27-36(28-30-37)48-44-19-11-9-17-38(44)31-39-18-10-12-20-45(39)48/h9-35H,1-8H3. The van der Waals surface area contributed by atoms with Crippen molar-refractivity contribution in [3.8, 4) is 11.1 Å². The molecule has 1 aliphatic rings. The molecule has 0 aromatic heterocycles. The number of benzene rings is 7. The summed E-state index contributed by atoms with van der Waals surface area (Å²) in [5.74, 6) is 1.40. The largest absolute Gasteiger partial charge is 0.307 e. The van der Waals surface area contributed by atoms with Gasteiger partial charge in [0.1, 0.15) is 0 Å². The van der Waals surface area contributed by atoms with Gasteiger partial charge in [0.05, 0.1) is 22.7 Å². The van der Waals surface area contributed by atoms with Crippen LogP contribution < -0.4 is 9.80 Å². The number of nitrogens with zero attached hydrogens (tertiary/aromatic N) is 2. The summed E-state index contributed by atoms with van der Waals surface area (Å²) in [4.78, 5) is 5.20. The van der Waals surface area contributed by atoms with Gasteiger partial charge in [0.2, 0.25) is 0 Å². The smallest absolute Gasteiger partial charge is 0.196 e. The predicted molar refractivity (Wildman–Crippen MR) is 229 cm³/mol. The van der Waals surface area contributed by atoms with Gasteiger partial charge in [-0.05, 0) is 96.8 Å². The molecule has 0 amide bonds. The Morgan fingerprint density at radius 1 is 0.358 bits per heavy atom. The fourth-order valence-corrected chi connectivity index (χ4v) is 8.53. The Labute approximate surface area is 316 Å². The highest BCUT2D eigenvalue weighted by Crippen LogP contribution is 2.57. The number of hydrogen-bond acceptors (Lipinski definition) is 2. The first-order chi connectivity index (χ1) is 25.7. The topological polar surface area (TPSA) is 6.48 Å². The van der Waals surface area contributed by atoms with E-state index in [1.807, 2.05) is 0 Å². The van der Waals surface area contributed by atoms with E-state index in [1.165, 1.54) is 89.4 Å². The third-order valence-corrected chi connectivity index (χ3v) is 11.1. The van der Waals surface area contributed by atoms with E-state index in [0.717, 1.165) is 0 Å². The van der Waals surface area contributed by atoms with E-state index in [9.17, 15) is 0 Å². The monoisotopic (exact) mass is 691 g/mol. The van der Waals surface area contributed by atoms with Crippen molar-refractivity contribution in [3.63, 3.8) is 0 Å². The van der Waals surface area contributed by atoms with Gasteiger partial charge in [-0.25, -0.2) is 0 Å².